The van der Waals surface area contributed by atoms with E-state index in [0.717, 1.165) is 38.7 Å². The lowest BCUT2D eigenvalue weighted by molar-refractivity contribution is -0.123. The van der Waals surface area contributed by atoms with E-state index in [1.807, 2.05) is 0 Å². The normalized spacial score (nSPS) is 21.1. The number of carbonyl (C=O) groups is 1. The molecule has 0 aliphatic carbocycles. The fourth-order valence-corrected chi connectivity index (χ4v) is 5.08. The minimum atomic E-state index is -3.55. The molecule has 2 aliphatic heterocycles. The minimum Gasteiger partial charge on any atom is -0.482 e. The van der Waals surface area contributed by atoms with Crippen LogP contribution in [0.15, 0.2) is 23.1 Å². The molecule has 0 saturated carbocycles. The van der Waals surface area contributed by atoms with E-state index in [1.165, 1.54) is 22.5 Å². The van der Waals surface area contributed by atoms with Crippen LogP contribution in [0, 0.1) is 0 Å². The van der Waals surface area contributed by atoms with Gasteiger partial charge in [-0.25, -0.2) is 8.42 Å². The van der Waals surface area contributed by atoms with E-state index in [1.54, 1.807) is 0 Å². The van der Waals surface area contributed by atoms with Crippen molar-refractivity contribution in [2.45, 2.75) is 43.1 Å². The van der Waals surface area contributed by atoms with Crippen molar-refractivity contribution in [3.63, 3.8) is 0 Å². The summed E-state index contributed by atoms with van der Waals surface area (Å²) in [6.07, 6.45) is 4.81. The zero-order valence-corrected chi connectivity index (χ0v) is 16.7. The molecule has 0 radical (unpaired) electrons. The van der Waals surface area contributed by atoms with Crippen LogP contribution < -0.4 is 10.1 Å². The van der Waals surface area contributed by atoms with Crippen LogP contribution >= 0.6 is 11.6 Å². The first-order chi connectivity index (χ1) is 13.0. The number of carbonyl (C=O) groups excluding carboxylic acids is 1. The molecule has 0 unspecified atom stereocenters. The molecule has 2 heterocycles. The standard InChI is InChI=1S/C18H25ClN2O5S/c19-16-11-15(27(23,24)21-8-2-1-3-9-21)6-7-17(16)26-13-18(22)20-12-14-5-4-10-25-14/h6-7,11,14H,1-5,8-10,12-13H2,(H,20,22)/t14-/m0/s1. The Labute approximate surface area is 165 Å². The summed E-state index contributed by atoms with van der Waals surface area (Å²) in [7, 11) is -3.55. The Morgan fingerprint density at radius 1 is 1.26 bits per heavy atom. The molecule has 150 valence electrons. The minimum absolute atomic E-state index is 0.0665. The van der Waals surface area contributed by atoms with Gasteiger partial charge in [-0.1, -0.05) is 18.0 Å². The van der Waals surface area contributed by atoms with Gasteiger partial charge in [-0.2, -0.15) is 4.31 Å². The van der Waals surface area contributed by atoms with Crippen molar-refractivity contribution in [2.75, 3.05) is 32.8 Å². The third-order valence-corrected chi connectivity index (χ3v) is 6.96. The van der Waals surface area contributed by atoms with Crippen LogP contribution in [-0.2, 0) is 19.6 Å². The van der Waals surface area contributed by atoms with Crippen molar-refractivity contribution in [2.24, 2.45) is 0 Å². The van der Waals surface area contributed by atoms with Crippen LogP contribution in [0.4, 0.5) is 0 Å². The number of benzene rings is 1. The van der Waals surface area contributed by atoms with Crippen molar-refractivity contribution in [3.05, 3.63) is 23.2 Å². The van der Waals surface area contributed by atoms with Gasteiger partial charge in [-0.3, -0.25) is 4.79 Å². The molecule has 0 aromatic heterocycles. The smallest absolute Gasteiger partial charge is 0.258 e. The highest BCUT2D eigenvalue weighted by molar-refractivity contribution is 7.89. The maximum atomic E-state index is 12.7. The van der Waals surface area contributed by atoms with E-state index in [-0.39, 0.29) is 34.3 Å². The second-order valence-electron chi connectivity index (χ2n) is 6.78. The number of nitrogens with one attached hydrogen (secondary N) is 1. The van der Waals surface area contributed by atoms with Gasteiger partial charge in [0.1, 0.15) is 5.75 Å². The van der Waals surface area contributed by atoms with Gasteiger partial charge in [0, 0.05) is 26.2 Å². The second-order valence-corrected chi connectivity index (χ2v) is 9.13. The van der Waals surface area contributed by atoms with Gasteiger partial charge in [0.2, 0.25) is 10.0 Å². The van der Waals surface area contributed by atoms with Gasteiger partial charge in [0.15, 0.2) is 6.61 Å². The first-order valence-corrected chi connectivity index (χ1v) is 11.1. The van der Waals surface area contributed by atoms with Gasteiger partial charge in [-0.15, -0.1) is 0 Å². The maximum Gasteiger partial charge on any atom is 0.258 e. The molecule has 1 aromatic carbocycles. The molecule has 3 rings (SSSR count). The fraction of sp³-hybridized carbons (Fsp3) is 0.611. The molecule has 1 aromatic rings. The van der Waals surface area contributed by atoms with Crippen molar-refractivity contribution < 1.29 is 22.7 Å². The number of nitrogens with zero attached hydrogens (tertiary/aromatic N) is 1. The zero-order valence-electron chi connectivity index (χ0n) is 15.2. The highest BCUT2D eigenvalue weighted by Gasteiger charge is 2.26. The van der Waals surface area contributed by atoms with Gasteiger partial charge in [0.05, 0.1) is 16.0 Å². The van der Waals surface area contributed by atoms with Gasteiger partial charge < -0.3 is 14.8 Å². The van der Waals surface area contributed by atoms with Crippen LogP contribution in [0.5, 0.6) is 5.75 Å². The van der Waals surface area contributed by atoms with Gasteiger partial charge in [-0.05, 0) is 43.9 Å². The van der Waals surface area contributed by atoms with E-state index in [9.17, 15) is 13.2 Å². The van der Waals surface area contributed by atoms with Crippen molar-refractivity contribution in [3.8, 4) is 5.75 Å². The SMILES string of the molecule is O=C(COc1ccc(S(=O)(=O)N2CCCCC2)cc1Cl)NC[C@@H]1CCCO1. The summed E-state index contributed by atoms with van der Waals surface area (Å²) in [5.41, 5.74) is 0. The second kappa shape index (κ2) is 9.23. The van der Waals surface area contributed by atoms with Gasteiger partial charge in [0.25, 0.3) is 5.91 Å². The predicted molar refractivity (Wildman–Crippen MR) is 102 cm³/mol. The Bertz CT molecular complexity index is 759. The fourth-order valence-electron chi connectivity index (χ4n) is 3.24. The number of hydrogen-bond acceptors (Lipinski definition) is 5. The number of halogens is 1. The molecule has 0 bridgehead atoms. The summed E-state index contributed by atoms with van der Waals surface area (Å²) in [5.74, 6) is 0.00751. The predicted octanol–water partition coefficient (Wildman–Crippen LogP) is 2.19. The average Bonchev–Trinajstić information content (AvgIpc) is 3.19. The molecule has 0 spiro atoms. The Hall–Kier alpha value is -1.35. The average molecular weight is 417 g/mol. The molecule has 2 aliphatic rings. The number of ether oxygens (including phenoxy) is 2. The lowest BCUT2D eigenvalue weighted by Crippen LogP contribution is -2.35. The first-order valence-electron chi connectivity index (χ1n) is 9.27. The summed E-state index contributed by atoms with van der Waals surface area (Å²) in [5, 5.41) is 2.93. The maximum absolute atomic E-state index is 12.7. The molecule has 27 heavy (non-hydrogen) atoms. The third kappa shape index (κ3) is 5.34. The number of hydrogen-bond donors (Lipinski definition) is 1. The molecule has 2 saturated heterocycles. The molecule has 1 atom stereocenters. The summed E-state index contributed by atoms with van der Waals surface area (Å²) >= 11 is 6.18. The topological polar surface area (TPSA) is 84.9 Å². The molecule has 2 fully saturated rings. The Kier molecular flexibility index (Phi) is 6.97. The summed E-state index contributed by atoms with van der Waals surface area (Å²) in [6, 6.07) is 4.34. The Morgan fingerprint density at radius 3 is 2.70 bits per heavy atom. The molecule has 1 amide bonds. The number of sulfonamides is 1. The number of piperidine rings is 1. The van der Waals surface area contributed by atoms with E-state index < -0.39 is 10.0 Å². The van der Waals surface area contributed by atoms with Crippen LogP contribution in [0.3, 0.4) is 0 Å². The molecule has 1 N–H and O–H groups in total. The molecule has 9 heteroatoms. The lowest BCUT2D eigenvalue weighted by Gasteiger charge is -2.26. The van der Waals surface area contributed by atoms with Crippen molar-refractivity contribution in [1.29, 1.82) is 0 Å². The number of amides is 1. The molecule has 7 nitrogen and oxygen atoms in total. The highest BCUT2D eigenvalue weighted by atomic mass is 35.5. The summed E-state index contributed by atoms with van der Waals surface area (Å²) < 4.78 is 37.7. The zero-order chi connectivity index (χ0) is 19.3. The van der Waals surface area contributed by atoms with E-state index in [2.05, 4.69) is 5.32 Å². The van der Waals surface area contributed by atoms with Crippen molar-refractivity contribution in [1.82, 2.24) is 9.62 Å². The monoisotopic (exact) mass is 416 g/mol. The Balaban J connectivity index is 1.55. The largest absolute Gasteiger partial charge is 0.482 e. The van der Waals surface area contributed by atoms with E-state index >= 15 is 0 Å². The lowest BCUT2D eigenvalue weighted by atomic mass is 10.2. The summed E-state index contributed by atoms with van der Waals surface area (Å²) in [6.45, 7) is 2.07. The highest BCUT2D eigenvalue weighted by Crippen LogP contribution is 2.29. The van der Waals surface area contributed by atoms with Crippen LogP contribution in [0.2, 0.25) is 5.02 Å². The number of rotatable bonds is 7. The Morgan fingerprint density at radius 2 is 2.04 bits per heavy atom. The van der Waals surface area contributed by atoms with Crippen LogP contribution in [0.1, 0.15) is 32.1 Å². The van der Waals surface area contributed by atoms with Crippen molar-refractivity contribution >= 4 is 27.5 Å². The molecular weight excluding hydrogens is 392 g/mol. The van der Waals surface area contributed by atoms with Crippen LogP contribution in [0.25, 0.3) is 0 Å². The quantitative estimate of drug-likeness (QED) is 0.736. The van der Waals surface area contributed by atoms with E-state index in [4.69, 9.17) is 21.1 Å². The van der Waals surface area contributed by atoms with Crippen LogP contribution in [-0.4, -0.2) is 57.6 Å². The third-order valence-electron chi connectivity index (χ3n) is 4.77. The molecular formula is C18H25ClN2O5S. The summed E-state index contributed by atoms with van der Waals surface area (Å²) in [4.78, 5) is 12.0. The van der Waals surface area contributed by atoms with Gasteiger partial charge >= 0.3 is 0 Å². The first kappa shape index (κ1) is 20.4. The van der Waals surface area contributed by atoms with E-state index in [0.29, 0.717) is 19.6 Å².